The van der Waals surface area contributed by atoms with E-state index in [2.05, 4.69) is 16.0 Å². The van der Waals surface area contributed by atoms with Gasteiger partial charge in [0.1, 0.15) is 5.75 Å². The first-order chi connectivity index (χ1) is 8.58. The van der Waals surface area contributed by atoms with Crippen molar-refractivity contribution < 1.29 is 4.74 Å². The van der Waals surface area contributed by atoms with E-state index in [9.17, 15) is 0 Å². The Hall–Kier alpha value is -1.94. The minimum Gasteiger partial charge on any atom is -0.424 e. The molecule has 0 spiro atoms. The molecule has 0 saturated heterocycles. The molecule has 0 amide bonds. The number of hydrogen-bond donors (Lipinski definition) is 1. The van der Waals surface area contributed by atoms with Crippen LogP contribution in [0.5, 0.6) is 11.8 Å². The van der Waals surface area contributed by atoms with E-state index in [1.165, 1.54) is 0 Å². The number of rotatable bonds is 3. The van der Waals surface area contributed by atoms with Crippen LogP contribution in [0.25, 0.3) is 0 Å². The summed E-state index contributed by atoms with van der Waals surface area (Å²) in [7, 11) is 0. The fourth-order valence-corrected chi connectivity index (χ4v) is 1.82. The number of aromatic nitrogens is 2. The summed E-state index contributed by atoms with van der Waals surface area (Å²) in [6.45, 7) is 6.40. The first kappa shape index (κ1) is 12.5. The normalized spacial score (nSPS) is 10.4. The van der Waals surface area contributed by atoms with Gasteiger partial charge in [-0.15, -0.1) is 0 Å². The van der Waals surface area contributed by atoms with Crippen LogP contribution in [-0.2, 0) is 6.54 Å². The van der Waals surface area contributed by atoms with E-state index in [0.29, 0.717) is 12.6 Å². The molecule has 2 rings (SSSR count). The second-order valence-electron chi connectivity index (χ2n) is 4.39. The van der Waals surface area contributed by atoms with Gasteiger partial charge < -0.3 is 10.5 Å². The molecule has 0 aliphatic rings. The van der Waals surface area contributed by atoms with Gasteiger partial charge in [-0.05, 0) is 44.0 Å². The molecule has 1 aromatic heterocycles. The Kier molecular flexibility index (Phi) is 3.58. The Morgan fingerprint density at radius 2 is 1.78 bits per heavy atom. The van der Waals surface area contributed by atoms with Crippen molar-refractivity contribution in [2.45, 2.75) is 27.3 Å². The monoisotopic (exact) mass is 243 g/mol. The lowest BCUT2D eigenvalue weighted by atomic mass is 10.1. The van der Waals surface area contributed by atoms with Gasteiger partial charge >= 0.3 is 6.01 Å². The number of benzene rings is 1. The van der Waals surface area contributed by atoms with Crippen LogP contribution in [0.15, 0.2) is 24.4 Å². The number of aryl methyl sites for hydroxylation is 3. The highest BCUT2D eigenvalue weighted by atomic mass is 16.5. The van der Waals surface area contributed by atoms with Gasteiger partial charge in [-0.25, -0.2) is 4.98 Å². The van der Waals surface area contributed by atoms with Crippen molar-refractivity contribution in [2.75, 3.05) is 0 Å². The number of nitrogens with two attached hydrogens (primary N) is 1. The first-order valence-corrected chi connectivity index (χ1v) is 5.87. The molecule has 0 atom stereocenters. The lowest BCUT2D eigenvalue weighted by Gasteiger charge is -2.08. The second-order valence-corrected chi connectivity index (χ2v) is 4.39. The van der Waals surface area contributed by atoms with Gasteiger partial charge in [0.05, 0.1) is 0 Å². The molecule has 1 heterocycles. The third kappa shape index (κ3) is 2.84. The molecule has 0 aliphatic carbocycles. The van der Waals surface area contributed by atoms with Gasteiger partial charge in [0.25, 0.3) is 0 Å². The topological polar surface area (TPSA) is 61.0 Å². The highest BCUT2D eigenvalue weighted by Crippen LogP contribution is 2.21. The molecular weight excluding hydrogens is 226 g/mol. The minimum atomic E-state index is 0.356. The van der Waals surface area contributed by atoms with Crippen molar-refractivity contribution in [3.63, 3.8) is 0 Å². The molecule has 0 aliphatic heterocycles. The van der Waals surface area contributed by atoms with Gasteiger partial charge in [0.15, 0.2) is 0 Å². The predicted octanol–water partition coefficient (Wildman–Crippen LogP) is 2.65. The molecule has 2 N–H and O–H groups in total. The summed E-state index contributed by atoms with van der Waals surface area (Å²) < 4.78 is 5.66. The van der Waals surface area contributed by atoms with Crippen molar-refractivity contribution in [3.05, 3.63) is 46.8 Å². The molecule has 2 aromatic rings. The number of nitrogens with zero attached hydrogens (tertiary/aromatic N) is 2. The Bertz CT molecular complexity index is 547. The highest BCUT2D eigenvalue weighted by molar-refractivity contribution is 5.34. The summed E-state index contributed by atoms with van der Waals surface area (Å²) in [5.74, 6) is 0.757. The maximum absolute atomic E-state index is 5.66. The summed E-state index contributed by atoms with van der Waals surface area (Å²) in [5.41, 5.74) is 9.67. The van der Waals surface area contributed by atoms with Crippen LogP contribution in [0.3, 0.4) is 0 Å². The Labute approximate surface area is 107 Å². The summed E-state index contributed by atoms with van der Waals surface area (Å²) in [4.78, 5) is 8.44. The Morgan fingerprint density at radius 1 is 1.11 bits per heavy atom. The van der Waals surface area contributed by atoms with Crippen LogP contribution >= 0.6 is 0 Å². The van der Waals surface area contributed by atoms with Crippen LogP contribution < -0.4 is 10.5 Å². The quantitative estimate of drug-likeness (QED) is 0.900. The van der Waals surface area contributed by atoms with E-state index in [1.54, 1.807) is 6.20 Å². The van der Waals surface area contributed by atoms with Crippen molar-refractivity contribution >= 4 is 0 Å². The average Bonchev–Trinajstić information content (AvgIpc) is 2.27. The lowest BCUT2D eigenvalue weighted by molar-refractivity contribution is 0.439. The second kappa shape index (κ2) is 5.14. The van der Waals surface area contributed by atoms with E-state index in [0.717, 1.165) is 28.1 Å². The molecule has 94 valence electrons. The lowest BCUT2D eigenvalue weighted by Crippen LogP contribution is -2.03. The summed E-state index contributed by atoms with van der Waals surface area (Å²) in [5, 5.41) is 0. The predicted molar refractivity (Wildman–Crippen MR) is 70.7 cm³/mol. The van der Waals surface area contributed by atoms with Crippen LogP contribution in [-0.4, -0.2) is 9.97 Å². The molecule has 18 heavy (non-hydrogen) atoms. The maximum Gasteiger partial charge on any atom is 0.322 e. The molecule has 1 aromatic carbocycles. The number of ether oxygens (including phenoxy) is 1. The average molecular weight is 243 g/mol. The van der Waals surface area contributed by atoms with Crippen LogP contribution in [0, 0.1) is 20.8 Å². The smallest absolute Gasteiger partial charge is 0.322 e. The van der Waals surface area contributed by atoms with E-state index in [4.69, 9.17) is 10.5 Å². The summed E-state index contributed by atoms with van der Waals surface area (Å²) in [6, 6.07) is 6.37. The van der Waals surface area contributed by atoms with Crippen LogP contribution in [0.2, 0.25) is 0 Å². The standard InChI is InChI=1S/C14H17N3O/c1-9-4-10(2)6-13(5-9)18-14-16-8-12(7-15)11(3)17-14/h4-6,8H,7,15H2,1-3H3. The van der Waals surface area contributed by atoms with Crippen LogP contribution in [0.4, 0.5) is 0 Å². The molecule has 0 bridgehead atoms. The van der Waals surface area contributed by atoms with Crippen molar-refractivity contribution in [3.8, 4) is 11.8 Å². The zero-order valence-corrected chi connectivity index (χ0v) is 10.9. The SMILES string of the molecule is Cc1cc(C)cc(Oc2ncc(CN)c(C)n2)c1. The Morgan fingerprint density at radius 3 is 2.33 bits per heavy atom. The van der Waals surface area contributed by atoms with E-state index >= 15 is 0 Å². The third-order valence-electron chi connectivity index (χ3n) is 2.68. The largest absolute Gasteiger partial charge is 0.424 e. The zero-order valence-electron chi connectivity index (χ0n) is 10.9. The van der Waals surface area contributed by atoms with Gasteiger partial charge in [-0.2, -0.15) is 4.98 Å². The maximum atomic E-state index is 5.66. The fourth-order valence-electron chi connectivity index (χ4n) is 1.82. The molecule has 0 saturated carbocycles. The number of hydrogen-bond acceptors (Lipinski definition) is 4. The van der Waals surface area contributed by atoms with Crippen molar-refractivity contribution in [1.29, 1.82) is 0 Å². The van der Waals surface area contributed by atoms with Gasteiger partial charge in [-0.1, -0.05) is 6.07 Å². The van der Waals surface area contributed by atoms with Gasteiger partial charge in [-0.3, -0.25) is 0 Å². The molecule has 4 heteroatoms. The van der Waals surface area contributed by atoms with Crippen molar-refractivity contribution in [2.24, 2.45) is 5.73 Å². The van der Waals surface area contributed by atoms with Crippen molar-refractivity contribution in [1.82, 2.24) is 9.97 Å². The fraction of sp³-hybridized carbons (Fsp3) is 0.286. The Balaban J connectivity index is 2.25. The van der Waals surface area contributed by atoms with Gasteiger partial charge in [0.2, 0.25) is 0 Å². The molecule has 0 fully saturated rings. The summed E-state index contributed by atoms with van der Waals surface area (Å²) in [6.07, 6.45) is 1.71. The zero-order chi connectivity index (χ0) is 13.1. The molecule has 0 unspecified atom stereocenters. The van der Waals surface area contributed by atoms with E-state index in [-0.39, 0.29) is 0 Å². The molecular formula is C14H17N3O. The molecule has 4 nitrogen and oxygen atoms in total. The third-order valence-corrected chi connectivity index (χ3v) is 2.68. The van der Waals surface area contributed by atoms with E-state index in [1.807, 2.05) is 32.9 Å². The summed E-state index contributed by atoms with van der Waals surface area (Å²) >= 11 is 0. The molecule has 0 radical (unpaired) electrons. The minimum absolute atomic E-state index is 0.356. The first-order valence-electron chi connectivity index (χ1n) is 5.87. The van der Waals surface area contributed by atoms with E-state index < -0.39 is 0 Å². The highest BCUT2D eigenvalue weighted by Gasteiger charge is 2.05. The van der Waals surface area contributed by atoms with Gasteiger partial charge in [0, 0.05) is 24.0 Å². The van der Waals surface area contributed by atoms with Crippen LogP contribution in [0.1, 0.15) is 22.4 Å².